The first-order valence-electron chi connectivity index (χ1n) is 8.53. The summed E-state index contributed by atoms with van der Waals surface area (Å²) in [5.74, 6) is 1.60. The molecule has 1 atom stereocenters. The Bertz CT molecular complexity index is 684. The van der Waals surface area contributed by atoms with Gasteiger partial charge in [-0.15, -0.1) is 12.4 Å². The third-order valence-corrected chi connectivity index (χ3v) is 4.44. The lowest BCUT2D eigenvalue weighted by Crippen LogP contribution is -2.26. The molecule has 0 aliphatic carbocycles. The highest BCUT2D eigenvalue weighted by molar-refractivity contribution is 5.85. The van der Waals surface area contributed by atoms with E-state index in [9.17, 15) is 9.18 Å². The summed E-state index contributed by atoms with van der Waals surface area (Å²) in [6.07, 6.45) is 3.12. The lowest BCUT2D eigenvalue weighted by atomic mass is 10.1. The zero-order valence-electron chi connectivity index (χ0n) is 14.1. The predicted molar refractivity (Wildman–Crippen MR) is 98.3 cm³/mol. The smallest absolute Gasteiger partial charge is 0.220 e. The Labute approximate surface area is 153 Å². The minimum atomic E-state index is -0.308. The second kappa shape index (κ2) is 9.59. The van der Waals surface area contributed by atoms with Gasteiger partial charge >= 0.3 is 0 Å². The van der Waals surface area contributed by atoms with Crippen LogP contribution in [-0.2, 0) is 11.2 Å². The number of rotatable bonds is 7. The standard InChI is InChI=1S/C19H23FN2O2.ClH/c20-17-4-2-1-3-16(17)18-7-5-15(24-18)6-8-19(23)22-12-10-14-9-11-21-13-14;/h1-5,7,14,21H,6,8-13H2,(H,22,23);1H. The molecule has 1 aromatic carbocycles. The van der Waals surface area contributed by atoms with Crippen LogP contribution in [0.5, 0.6) is 0 Å². The lowest BCUT2D eigenvalue weighted by Gasteiger charge is -2.09. The SMILES string of the molecule is Cl.O=C(CCc1ccc(-c2ccccc2F)o1)NCCC1CCNC1. The Kier molecular flexibility index (Phi) is 7.47. The first kappa shape index (κ1) is 19.5. The molecule has 2 N–H and O–H groups in total. The van der Waals surface area contributed by atoms with Crippen LogP contribution in [0.1, 0.15) is 25.0 Å². The molecule has 1 saturated heterocycles. The van der Waals surface area contributed by atoms with E-state index in [-0.39, 0.29) is 24.1 Å². The minimum absolute atomic E-state index is 0. The van der Waals surface area contributed by atoms with Gasteiger partial charge in [-0.25, -0.2) is 4.39 Å². The number of benzene rings is 1. The first-order valence-corrected chi connectivity index (χ1v) is 8.53. The first-order chi connectivity index (χ1) is 11.7. The molecule has 2 aromatic rings. The molecule has 1 aliphatic heterocycles. The van der Waals surface area contributed by atoms with Crippen molar-refractivity contribution in [2.75, 3.05) is 19.6 Å². The van der Waals surface area contributed by atoms with E-state index < -0.39 is 0 Å². The Balaban J connectivity index is 0.00000225. The number of halogens is 2. The molecular formula is C19H24ClFN2O2. The van der Waals surface area contributed by atoms with Gasteiger partial charge in [-0.3, -0.25) is 4.79 Å². The maximum absolute atomic E-state index is 13.7. The summed E-state index contributed by atoms with van der Waals surface area (Å²) in [7, 11) is 0. The maximum atomic E-state index is 13.7. The molecule has 0 radical (unpaired) electrons. The molecule has 6 heteroatoms. The van der Waals surface area contributed by atoms with Crippen LogP contribution in [0.2, 0.25) is 0 Å². The fourth-order valence-electron chi connectivity index (χ4n) is 3.02. The average Bonchev–Trinajstić information content (AvgIpc) is 3.25. The number of nitrogens with one attached hydrogen (secondary N) is 2. The summed E-state index contributed by atoms with van der Waals surface area (Å²) in [6, 6.07) is 10.1. The predicted octanol–water partition coefficient (Wildman–Crippen LogP) is 3.56. The molecule has 0 bridgehead atoms. The van der Waals surface area contributed by atoms with E-state index in [0.29, 0.717) is 35.8 Å². The van der Waals surface area contributed by atoms with Crippen molar-refractivity contribution < 1.29 is 13.6 Å². The van der Waals surface area contributed by atoms with E-state index in [0.717, 1.165) is 26.1 Å². The molecule has 25 heavy (non-hydrogen) atoms. The summed E-state index contributed by atoms with van der Waals surface area (Å²) in [5.41, 5.74) is 0.443. The number of furan rings is 1. The molecule has 136 valence electrons. The van der Waals surface area contributed by atoms with Gasteiger partial charge in [0, 0.05) is 19.4 Å². The van der Waals surface area contributed by atoms with Gasteiger partial charge in [-0.2, -0.15) is 0 Å². The van der Waals surface area contributed by atoms with E-state index in [1.807, 2.05) is 0 Å². The Morgan fingerprint density at radius 3 is 2.88 bits per heavy atom. The van der Waals surface area contributed by atoms with Gasteiger partial charge in [0.1, 0.15) is 17.3 Å². The second-order valence-electron chi connectivity index (χ2n) is 6.24. The van der Waals surface area contributed by atoms with Gasteiger partial charge in [0.2, 0.25) is 5.91 Å². The largest absolute Gasteiger partial charge is 0.461 e. The fraction of sp³-hybridized carbons (Fsp3) is 0.421. The van der Waals surface area contributed by atoms with Crippen molar-refractivity contribution in [2.45, 2.75) is 25.7 Å². The van der Waals surface area contributed by atoms with Crippen LogP contribution < -0.4 is 10.6 Å². The Morgan fingerprint density at radius 1 is 1.28 bits per heavy atom. The van der Waals surface area contributed by atoms with Crippen molar-refractivity contribution in [3.8, 4) is 11.3 Å². The molecule has 0 spiro atoms. The summed E-state index contributed by atoms with van der Waals surface area (Å²) in [4.78, 5) is 11.9. The average molecular weight is 367 g/mol. The highest BCUT2D eigenvalue weighted by Gasteiger charge is 2.14. The third-order valence-electron chi connectivity index (χ3n) is 4.44. The van der Waals surface area contributed by atoms with E-state index in [1.54, 1.807) is 30.3 Å². The van der Waals surface area contributed by atoms with Crippen LogP contribution >= 0.6 is 12.4 Å². The molecule has 2 heterocycles. The lowest BCUT2D eigenvalue weighted by molar-refractivity contribution is -0.121. The highest BCUT2D eigenvalue weighted by atomic mass is 35.5. The molecule has 1 aromatic heterocycles. The van der Waals surface area contributed by atoms with Crippen LogP contribution in [0.25, 0.3) is 11.3 Å². The van der Waals surface area contributed by atoms with Crippen LogP contribution in [0.3, 0.4) is 0 Å². The molecule has 1 fully saturated rings. The van der Waals surface area contributed by atoms with E-state index in [2.05, 4.69) is 10.6 Å². The number of amides is 1. The van der Waals surface area contributed by atoms with Crippen LogP contribution in [0.15, 0.2) is 40.8 Å². The Morgan fingerprint density at radius 2 is 2.12 bits per heavy atom. The van der Waals surface area contributed by atoms with E-state index in [1.165, 1.54) is 12.5 Å². The zero-order valence-corrected chi connectivity index (χ0v) is 14.9. The molecule has 3 rings (SSSR count). The van der Waals surface area contributed by atoms with Gasteiger partial charge in [-0.05, 0) is 56.1 Å². The van der Waals surface area contributed by atoms with Crippen LogP contribution in [0.4, 0.5) is 4.39 Å². The van der Waals surface area contributed by atoms with Crippen molar-refractivity contribution in [1.29, 1.82) is 0 Å². The van der Waals surface area contributed by atoms with Gasteiger partial charge in [0.05, 0.1) is 5.56 Å². The molecular weight excluding hydrogens is 343 g/mol. The monoisotopic (exact) mass is 366 g/mol. The summed E-state index contributed by atoms with van der Waals surface area (Å²) in [5, 5.41) is 6.28. The number of carbonyl (C=O) groups excluding carboxylic acids is 1. The topological polar surface area (TPSA) is 54.3 Å². The van der Waals surface area contributed by atoms with Gasteiger partial charge < -0.3 is 15.1 Å². The maximum Gasteiger partial charge on any atom is 0.220 e. The molecule has 4 nitrogen and oxygen atoms in total. The Hall–Kier alpha value is -1.85. The molecule has 1 amide bonds. The molecule has 1 aliphatic rings. The zero-order chi connectivity index (χ0) is 16.8. The van der Waals surface area contributed by atoms with Crippen molar-refractivity contribution in [1.82, 2.24) is 10.6 Å². The third kappa shape index (κ3) is 5.58. The quantitative estimate of drug-likeness (QED) is 0.787. The number of hydrogen-bond donors (Lipinski definition) is 2. The highest BCUT2D eigenvalue weighted by Crippen LogP contribution is 2.25. The number of carbonyl (C=O) groups is 1. The van der Waals surface area contributed by atoms with E-state index >= 15 is 0 Å². The van der Waals surface area contributed by atoms with Gasteiger partial charge in [-0.1, -0.05) is 12.1 Å². The van der Waals surface area contributed by atoms with Crippen molar-refractivity contribution in [2.24, 2.45) is 5.92 Å². The van der Waals surface area contributed by atoms with Crippen LogP contribution in [-0.4, -0.2) is 25.5 Å². The summed E-state index contributed by atoms with van der Waals surface area (Å²) < 4.78 is 19.4. The molecule has 0 saturated carbocycles. The van der Waals surface area contributed by atoms with Gasteiger partial charge in [0.15, 0.2) is 0 Å². The molecule has 1 unspecified atom stereocenters. The van der Waals surface area contributed by atoms with Gasteiger partial charge in [0.25, 0.3) is 0 Å². The van der Waals surface area contributed by atoms with Crippen molar-refractivity contribution in [3.63, 3.8) is 0 Å². The fourth-order valence-corrected chi connectivity index (χ4v) is 3.02. The number of hydrogen-bond acceptors (Lipinski definition) is 3. The summed E-state index contributed by atoms with van der Waals surface area (Å²) >= 11 is 0. The summed E-state index contributed by atoms with van der Waals surface area (Å²) in [6.45, 7) is 2.87. The van der Waals surface area contributed by atoms with Crippen molar-refractivity contribution >= 4 is 18.3 Å². The number of aryl methyl sites for hydroxylation is 1. The van der Waals surface area contributed by atoms with Crippen molar-refractivity contribution in [3.05, 3.63) is 48.0 Å². The van der Waals surface area contributed by atoms with Crippen LogP contribution in [0, 0.1) is 11.7 Å². The van der Waals surface area contributed by atoms with E-state index in [4.69, 9.17) is 4.42 Å². The minimum Gasteiger partial charge on any atom is -0.461 e. The second-order valence-corrected chi connectivity index (χ2v) is 6.24. The normalized spacial score (nSPS) is 16.4.